The summed E-state index contributed by atoms with van der Waals surface area (Å²) in [5.74, 6) is -2.77. The zero-order valence-electron chi connectivity index (χ0n) is 18.5. The molecule has 1 N–H and O–H groups in total. The SMILES string of the molecule is CCCCCCC(O)CC=CC(CCCCCCC(=O)[O-])C(C)C(=O)[O-].[Na+].[Na+]. The molecule has 0 aliphatic heterocycles. The van der Waals surface area contributed by atoms with Crippen LogP contribution in [0.5, 0.6) is 0 Å². The molecule has 0 saturated heterocycles. The van der Waals surface area contributed by atoms with E-state index in [0.717, 1.165) is 44.9 Å². The van der Waals surface area contributed by atoms with E-state index in [4.69, 9.17) is 0 Å². The molecule has 0 fully saturated rings. The molecule has 5 nitrogen and oxygen atoms in total. The topological polar surface area (TPSA) is 100 Å². The largest absolute Gasteiger partial charge is 1.00 e. The number of rotatable bonds is 17. The molecule has 0 amide bonds. The van der Waals surface area contributed by atoms with Crippen molar-refractivity contribution in [2.75, 3.05) is 0 Å². The molecule has 0 bridgehead atoms. The Kier molecular flexibility index (Phi) is 26.5. The van der Waals surface area contributed by atoms with Gasteiger partial charge in [0, 0.05) is 17.9 Å². The Morgan fingerprint density at radius 2 is 1.50 bits per heavy atom. The Labute approximate surface area is 215 Å². The molecule has 7 heteroatoms. The summed E-state index contributed by atoms with van der Waals surface area (Å²) in [6.45, 7) is 3.81. The van der Waals surface area contributed by atoms with Gasteiger partial charge in [0.2, 0.25) is 0 Å². The summed E-state index contributed by atoms with van der Waals surface area (Å²) in [7, 11) is 0. The van der Waals surface area contributed by atoms with Gasteiger partial charge >= 0.3 is 59.1 Å². The van der Waals surface area contributed by atoms with Crippen LogP contribution < -0.4 is 69.3 Å². The number of aliphatic hydroxyl groups is 1. The molecule has 0 spiro atoms. The maximum absolute atomic E-state index is 11.2. The molecule has 0 aromatic heterocycles. The molecule has 0 radical (unpaired) electrons. The fourth-order valence-electron chi connectivity index (χ4n) is 3.03. The van der Waals surface area contributed by atoms with Crippen molar-refractivity contribution in [3.8, 4) is 0 Å². The van der Waals surface area contributed by atoms with Crippen molar-refractivity contribution in [1.29, 1.82) is 0 Å². The van der Waals surface area contributed by atoms with E-state index >= 15 is 0 Å². The zero-order chi connectivity index (χ0) is 19.8. The second-order valence-electron chi connectivity index (χ2n) is 7.26. The molecule has 0 aromatic carbocycles. The number of carboxylic acid groups (broad SMARTS) is 2. The minimum absolute atomic E-state index is 0. The van der Waals surface area contributed by atoms with Crippen molar-refractivity contribution in [1.82, 2.24) is 0 Å². The number of aliphatic carboxylic acids is 2. The summed E-state index contributed by atoms with van der Waals surface area (Å²) in [5, 5.41) is 31.5. The average Bonchev–Trinajstić information content (AvgIpc) is 2.59. The minimum Gasteiger partial charge on any atom is -0.550 e. The summed E-state index contributed by atoms with van der Waals surface area (Å²) in [5.41, 5.74) is 0. The van der Waals surface area contributed by atoms with Gasteiger partial charge in [0.05, 0.1) is 6.10 Å². The predicted octanol–water partition coefficient (Wildman–Crippen LogP) is -3.64. The molecule has 0 saturated carbocycles. The standard InChI is InChI=1S/C21H38O5.2Na/c1-3-4-5-9-14-19(22)15-11-13-18(17(2)21(25)26)12-8-6-7-10-16-20(23)24;;/h11,13,17-19,22H,3-10,12,14-16H2,1-2H3,(H,23,24)(H,25,26);;/q;2*+1/p-2. The van der Waals surface area contributed by atoms with Crippen molar-refractivity contribution in [3.63, 3.8) is 0 Å². The van der Waals surface area contributed by atoms with Gasteiger partial charge in [0.1, 0.15) is 0 Å². The van der Waals surface area contributed by atoms with Gasteiger partial charge in [-0.15, -0.1) is 0 Å². The van der Waals surface area contributed by atoms with Crippen molar-refractivity contribution in [2.24, 2.45) is 11.8 Å². The Hall–Kier alpha value is 0.640. The second-order valence-corrected chi connectivity index (χ2v) is 7.26. The average molecular weight is 414 g/mol. The van der Waals surface area contributed by atoms with Crippen LogP contribution in [0.1, 0.15) is 90.9 Å². The van der Waals surface area contributed by atoms with Crippen LogP contribution >= 0.6 is 0 Å². The number of allylic oxidation sites excluding steroid dienone is 1. The van der Waals surface area contributed by atoms with Gasteiger partial charge < -0.3 is 24.9 Å². The molecule has 0 rings (SSSR count). The molecule has 0 aliphatic rings. The fraction of sp³-hybridized carbons (Fsp3) is 0.810. The maximum Gasteiger partial charge on any atom is 1.00 e. The third kappa shape index (κ3) is 19.9. The molecular formula is C21H36Na2O5. The van der Waals surface area contributed by atoms with E-state index in [0.29, 0.717) is 12.8 Å². The first kappa shape index (κ1) is 33.3. The number of carbonyl (C=O) groups excluding carboxylic acids is 2. The van der Waals surface area contributed by atoms with E-state index in [-0.39, 0.29) is 77.6 Å². The smallest absolute Gasteiger partial charge is 0.550 e. The Bertz CT molecular complexity index is 416. The summed E-state index contributed by atoms with van der Waals surface area (Å²) in [4.78, 5) is 21.5. The Balaban J connectivity index is -0.00000312. The molecule has 28 heavy (non-hydrogen) atoms. The normalized spacial score (nSPS) is 14.0. The van der Waals surface area contributed by atoms with Crippen LogP contribution in [0.4, 0.5) is 0 Å². The number of hydrogen-bond acceptors (Lipinski definition) is 5. The first-order chi connectivity index (χ1) is 12.4. The van der Waals surface area contributed by atoms with Crippen molar-refractivity contribution >= 4 is 11.9 Å². The first-order valence-corrected chi connectivity index (χ1v) is 10.1. The van der Waals surface area contributed by atoms with E-state index in [1.165, 1.54) is 12.8 Å². The Morgan fingerprint density at radius 1 is 0.929 bits per heavy atom. The number of carbonyl (C=O) groups is 2. The third-order valence-corrected chi connectivity index (χ3v) is 4.86. The van der Waals surface area contributed by atoms with Gasteiger partial charge in [0.15, 0.2) is 0 Å². The van der Waals surface area contributed by atoms with E-state index in [9.17, 15) is 24.9 Å². The van der Waals surface area contributed by atoms with Gasteiger partial charge in [-0.3, -0.25) is 0 Å². The van der Waals surface area contributed by atoms with Crippen LogP contribution in [-0.4, -0.2) is 23.1 Å². The van der Waals surface area contributed by atoms with E-state index in [1.807, 2.05) is 12.2 Å². The van der Waals surface area contributed by atoms with Gasteiger partial charge in [-0.25, -0.2) is 0 Å². The molecule has 0 heterocycles. The summed E-state index contributed by atoms with van der Waals surface area (Å²) in [6.07, 6.45) is 13.2. The predicted molar refractivity (Wildman–Crippen MR) is 98.9 cm³/mol. The van der Waals surface area contributed by atoms with Crippen LogP contribution in [0, 0.1) is 11.8 Å². The van der Waals surface area contributed by atoms with Crippen LogP contribution in [0.3, 0.4) is 0 Å². The summed E-state index contributed by atoms with van der Waals surface area (Å²) in [6, 6.07) is 0. The van der Waals surface area contributed by atoms with Crippen LogP contribution in [0.15, 0.2) is 12.2 Å². The van der Waals surface area contributed by atoms with Gasteiger partial charge in [-0.1, -0.05) is 70.9 Å². The molecule has 3 unspecified atom stereocenters. The number of unbranched alkanes of at least 4 members (excludes halogenated alkanes) is 6. The molecule has 152 valence electrons. The minimum atomic E-state index is -1.06. The second kappa shape index (κ2) is 22.3. The number of hydrogen-bond donors (Lipinski definition) is 1. The van der Waals surface area contributed by atoms with Crippen molar-refractivity contribution < 1.29 is 84.0 Å². The Morgan fingerprint density at radius 3 is 2.07 bits per heavy atom. The molecule has 0 aromatic rings. The third-order valence-electron chi connectivity index (χ3n) is 4.86. The molecule has 0 aliphatic carbocycles. The number of aliphatic hydroxyl groups excluding tert-OH is 1. The summed E-state index contributed by atoms with van der Waals surface area (Å²) >= 11 is 0. The fourth-order valence-corrected chi connectivity index (χ4v) is 3.03. The van der Waals surface area contributed by atoms with E-state index in [2.05, 4.69) is 6.92 Å². The van der Waals surface area contributed by atoms with Gasteiger partial charge in [0.25, 0.3) is 0 Å². The first-order valence-electron chi connectivity index (χ1n) is 10.1. The molecular weight excluding hydrogens is 378 g/mol. The van der Waals surface area contributed by atoms with Crippen LogP contribution in [0.2, 0.25) is 0 Å². The van der Waals surface area contributed by atoms with Crippen LogP contribution in [0.25, 0.3) is 0 Å². The zero-order valence-corrected chi connectivity index (χ0v) is 22.5. The van der Waals surface area contributed by atoms with E-state index < -0.39 is 17.9 Å². The van der Waals surface area contributed by atoms with Gasteiger partial charge in [-0.05, 0) is 38.0 Å². The van der Waals surface area contributed by atoms with E-state index in [1.54, 1.807) is 6.92 Å². The maximum atomic E-state index is 11.2. The monoisotopic (exact) mass is 414 g/mol. The van der Waals surface area contributed by atoms with Crippen LogP contribution in [-0.2, 0) is 9.59 Å². The van der Waals surface area contributed by atoms with Crippen molar-refractivity contribution in [2.45, 2.75) is 97.0 Å². The molecule has 3 atom stereocenters. The van der Waals surface area contributed by atoms with Gasteiger partial charge in [-0.2, -0.15) is 0 Å². The summed E-state index contributed by atoms with van der Waals surface area (Å²) < 4.78 is 0. The van der Waals surface area contributed by atoms with Crippen molar-refractivity contribution in [3.05, 3.63) is 12.2 Å². The quantitative estimate of drug-likeness (QED) is 0.150. The number of carboxylic acids is 2.